The van der Waals surface area contributed by atoms with Crippen LogP contribution in [0.1, 0.15) is 63.7 Å². The first-order chi connectivity index (χ1) is 18.0. The molecule has 5 heteroatoms. The summed E-state index contributed by atoms with van der Waals surface area (Å²) in [7, 11) is 0. The minimum atomic E-state index is -0.423. The summed E-state index contributed by atoms with van der Waals surface area (Å²) in [4.78, 5) is 15.1. The highest BCUT2D eigenvalue weighted by Gasteiger charge is 2.38. The zero-order valence-corrected chi connectivity index (χ0v) is 22.8. The molecule has 1 aliphatic rings. The van der Waals surface area contributed by atoms with E-state index in [0.29, 0.717) is 19.8 Å². The summed E-state index contributed by atoms with van der Waals surface area (Å²) in [5, 5.41) is 4.72. The third-order valence-electron chi connectivity index (χ3n) is 7.27. The summed E-state index contributed by atoms with van der Waals surface area (Å²) >= 11 is 1.78. The molecule has 0 aliphatic carbocycles. The van der Waals surface area contributed by atoms with Gasteiger partial charge in [0, 0.05) is 28.4 Å². The highest BCUT2D eigenvalue weighted by molar-refractivity contribution is 7.19. The molecule has 0 spiro atoms. The van der Waals surface area contributed by atoms with Crippen LogP contribution in [0.5, 0.6) is 5.75 Å². The lowest BCUT2D eigenvalue weighted by molar-refractivity contribution is 0.0358. The van der Waals surface area contributed by atoms with Crippen LogP contribution in [0.4, 0.5) is 0 Å². The summed E-state index contributed by atoms with van der Waals surface area (Å²) < 4.78 is 13.1. The van der Waals surface area contributed by atoms with Crippen molar-refractivity contribution in [1.82, 2.24) is 5.32 Å². The number of carbonyl (C=O) groups excluding carboxylic acids is 1. The Morgan fingerprint density at radius 1 is 1.03 bits per heavy atom. The molecular formula is C32H35NO3S. The van der Waals surface area contributed by atoms with E-state index < -0.39 is 5.54 Å². The summed E-state index contributed by atoms with van der Waals surface area (Å²) in [6.45, 7) is 7.97. The van der Waals surface area contributed by atoms with Gasteiger partial charge >= 0.3 is 0 Å². The van der Waals surface area contributed by atoms with Gasteiger partial charge in [0.15, 0.2) is 0 Å². The summed E-state index contributed by atoms with van der Waals surface area (Å²) in [6, 6.07) is 23.1. The van der Waals surface area contributed by atoms with Gasteiger partial charge in [0.05, 0.1) is 5.54 Å². The van der Waals surface area contributed by atoms with Crippen molar-refractivity contribution < 1.29 is 14.3 Å². The van der Waals surface area contributed by atoms with E-state index in [-0.39, 0.29) is 5.91 Å². The van der Waals surface area contributed by atoms with Gasteiger partial charge in [-0.05, 0) is 85.0 Å². The second-order valence-electron chi connectivity index (χ2n) is 10.1. The lowest BCUT2D eigenvalue weighted by atomic mass is 9.87. The molecule has 1 aromatic heterocycles. The highest BCUT2D eigenvalue weighted by Crippen LogP contribution is 2.39. The molecule has 0 unspecified atom stereocenters. The van der Waals surface area contributed by atoms with Gasteiger partial charge < -0.3 is 14.8 Å². The molecule has 192 valence electrons. The van der Waals surface area contributed by atoms with Crippen LogP contribution >= 0.6 is 11.3 Å². The van der Waals surface area contributed by atoms with Gasteiger partial charge in [-0.1, -0.05) is 55.8 Å². The second-order valence-corrected chi connectivity index (χ2v) is 11.2. The lowest BCUT2D eigenvalue weighted by Crippen LogP contribution is -2.49. The smallest absolute Gasteiger partial charge is 0.252 e. The van der Waals surface area contributed by atoms with E-state index in [1.807, 2.05) is 6.07 Å². The zero-order valence-electron chi connectivity index (χ0n) is 21.9. The molecule has 0 saturated carbocycles. The normalized spacial score (nSPS) is 15.0. The van der Waals surface area contributed by atoms with E-state index in [1.54, 1.807) is 11.3 Å². The molecule has 4 nitrogen and oxygen atoms in total. The Balaban J connectivity index is 1.43. The predicted molar refractivity (Wildman–Crippen MR) is 152 cm³/mol. The van der Waals surface area contributed by atoms with E-state index in [1.165, 1.54) is 20.5 Å². The average molecular weight is 514 g/mol. The number of benzene rings is 3. The first-order valence-corrected chi connectivity index (χ1v) is 14.0. The van der Waals surface area contributed by atoms with E-state index in [4.69, 9.17) is 9.47 Å². The number of fused-ring (bicyclic) bond motifs is 1. The van der Waals surface area contributed by atoms with Gasteiger partial charge in [-0.25, -0.2) is 0 Å². The number of thiophene rings is 1. The fraction of sp³-hybridized carbons (Fsp3) is 0.344. The Hall–Kier alpha value is -3.15. The third kappa shape index (κ3) is 5.58. The molecule has 2 heterocycles. The molecule has 1 amide bonds. The van der Waals surface area contributed by atoms with Crippen LogP contribution in [-0.2, 0) is 23.3 Å². The van der Waals surface area contributed by atoms with Crippen LogP contribution in [-0.4, -0.2) is 19.1 Å². The number of hydrogen-bond acceptors (Lipinski definition) is 4. The average Bonchev–Trinajstić information content (AvgIpc) is 3.36. The first-order valence-electron chi connectivity index (χ1n) is 13.2. The SMILES string of the molecule is CCCc1ccc(COc2cc(C)ccc2C)cc1C(=O)NC1(c2cc3ccccc3s2)CCOCC1. The third-order valence-corrected chi connectivity index (χ3v) is 8.59. The standard InChI is InChI=1S/C32H35NO3S/c1-4-7-25-13-12-24(21-36-28-18-22(2)10-11-23(28)3)19-27(25)31(34)33-32(14-16-35-17-15-32)30-20-26-8-5-6-9-29(26)37-30/h5-6,8-13,18-20H,4,7,14-17,21H2,1-3H3,(H,33,34). The Bertz CT molecular complexity index is 1370. The number of hydrogen-bond donors (Lipinski definition) is 1. The Morgan fingerprint density at radius 2 is 1.84 bits per heavy atom. The maximum Gasteiger partial charge on any atom is 0.252 e. The van der Waals surface area contributed by atoms with E-state index >= 15 is 0 Å². The van der Waals surface area contributed by atoms with E-state index in [0.717, 1.165) is 53.7 Å². The molecule has 0 atom stereocenters. The second kappa shape index (κ2) is 11.1. The van der Waals surface area contributed by atoms with Gasteiger partial charge in [0.1, 0.15) is 12.4 Å². The maximum atomic E-state index is 13.9. The number of nitrogens with one attached hydrogen (secondary N) is 1. The Labute approximate surface area is 223 Å². The predicted octanol–water partition coefficient (Wildman–Crippen LogP) is 7.49. The van der Waals surface area contributed by atoms with Crippen LogP contribution in [0.15, 0.2) is 66.7 Å². The van der Waals surface area contributed by atoms with Crippen molar-refractivity contribution in [3.63, 3.8) is 0 Å². The molecule has 1 saturated heterocycles. The van der Waals surface area contributed by atoms with Gasteiger partial charge in [-0.15, -0.1) is 11.3 Å². The van der Waals surface area contributed by atoms with Crippen molar-refractivity contribution in [3.8, 4) is 5.75 Å². The van der Waals surface area contributed by atoms with Crippen LogP contribution in [0.3, 0.4) is 0 Å². The molecule has 5 rings (SSSR count). The number of ether oxygens (including phenoxy) is 2. The van der Waals surface area contributed by atoms with Crippen molar-refractivity contribution in [1.29, 1.82) is 0 Å². The molecule has 0 radical (unpaired) electrons. The number of carbonyl (C=O) groups is 1. The van der Waals surface area contributed by atoms with Gasteiger partial charge in [-0.3, -0.25) is 4.79 Å². The summed E-state index contributed by atoms with van der Waals surface area (Å²) in [5.74, 6) is 0.867. The highest BCUT2D eigenvalue weighted by atomic mass is 32.1. The van der Waals surface area contributed by atoms with Gasteiger partial charge in [0.25, 0.3) is 5.91 Å². The maximum absolute atomic E-state index is 13.9. The Morgan fingerprint density at radius 3 is 2.62 bits per heavy atom. The van der Waals surface area contributed by atoms with Gasteiger partial charge in [0.2, 0.25) is 0 Å². The van der Waals surface area contributed by atoms with Crippen molar-refractivity contribution in [2.45, 2.75) is 58.6 Å². The largest absolute Gasteiger partial charge is 0.489 e. The molecule has 1 N–H and O–H groups in total. The number of amides is 1. The van der Waals surface area contributed by atoms with Crippen LogP contribution in [0.2, 0.25) is 0 Å². The van der Waals surface area contributed by atoms with Crippen molar-refractivity contribution in [3.05, 3.63) is 99.4 Å². The topological polar surface area (TPSA) is 47.6 Å². The lowest BCUT2D eigenvalue weighted by Gasteiger charge is -2.37. The number of aryl methyl sites for hydroxylation is 3. The minimum absolute atomic E-state index is 0.0172. The summed E-state index contributed by atoms with van der Waals surface area (Å²) in [5.41, 5.74) is 4.67. The fourth-order valence-corrected chi connectivity index (χ4v) is 6.36. The minimum Gasteiger partial charge on any atom is -0.489 e. The number of rotatable bonds is 8. The quantitative estimate of drug-likeness (QED) is 0.266. The van der Waals surface area contributed by atoms with Crippen LogP contribution < -0.4 is 10.1 Å². The zero-order chi connectivity index (χ0) is 25.8. The van der Waals surface area contributed by atoms with Crippen molar-refractivity contribution >= 4 is 27.3 Å². The summed E-state index contributed by atoms with van der Waals surface area (Å²) in [6.07, 6.45) is 3.38. The molecule has 3 aromatic carbocycles. The van der Waals surface area contributed by atoms with E-state index in [2.05, 4.69) is 86.8 Å². The van der Waals surface area contributed by atoms with Crippen molar-refractivity contribution in [2.24, 2.45) is 0 Å². The molecule has 37 heavy (non-hydrogen) atoms. The van der Waals surface area contributed by atoms with Crippen molar-refractivity contribution in [2.75, 3.05) is 13.2 Å². The van der Waals surface area contributed by atoms with Crippen LogP contribution in [0.25, 0.3) is 10.1 Å². The van der Waals surface area contributed by atoms with E-state index in [9.17, 15) is 4.79 Å². The molecule has 1 fully saturated rings. The van der Waals surface area contributed by atoms with Gasteiger partial charge in [-0.2, -0.15) is 0 Å². The Kier molecular flexibility index (Phi) is 7.63. The fourth-order valence-electron chi connectivity index (χ4n) is 5.09. The molecular weight excluding hydrogens is 478 g/mol. The molecule has 4 aromatic rings. The molecule has 0 bridgehead atoms. The monoisotopic (exact) mass is 513 g/mol. The van der Waals surface area contributed by atoms with Crippen LogP contribution in [0, 0.1) is 13.8 Å². The first kappa shape index (κ1) is 25.5. The molecule has 1 aliphatic heterocycles.